The average molecular weight is 210 g/mol. The van der Waals surface area contributed by atoms with Crippen LogP contribution in [0.3, 0.4) is 0 Å². The molecule has 0 aliphatic carbocycles. The van der Waals surface area contributed by atoms with Gasteiger partial charge in [0.1, 0.15) is 0 Å². The van der Waals surface area contributed by atoms with Crippen LogP contribution < -0.4 is 5.73 Å². The van der Waals surface area contributed by atoms with Crippen LogP contribution >= 0.6 is 11.8 Å². The maximum Gasteiger partial charge on any atom is 0.345 e. The topological polar surface area (TPSA) is 47.6 Å². The highest BCUT2D eigenvalue weighted by atomic mass is 32.2. The molecule has 6 heteroatoms. The number of alkyl halides is 2. The number of nitrogens with zero attached hydrogens (tertiary/aromatic N) is 1. The van der Waals surface area contributed by atoms with Crippen molar-refractivity contribution in [1.29, 1.82) is 0 Å². The van der Waals surface area contributed by atoms with E-state index in [1.165, 1.54) is 11.8 Å². The van der Waals surface area contributed by atoms with Crippen LogP contribution in [-0.2, 0) is 4.74 Å². The van der Waals surface area contributed by atoms with Crippen molar-refractivity contribution < 1.29 is 13.5 Å². The van der Waals surface area contributed by atoms with Crippen molar-refractivity contribution in [1.82, 2.24) is 0 Å². The molecule has 13 heavy (non-hydrogen) atoms. The third-order valence-corrected chi connectivity index (χ3v) is 2.66. The van der Waals surface area contributed by atoms with Gasteiger partial charge in [0, 0.05) is 5.25 Å². The number of nitrogens with two attached hydrogens (primary N) is 1. The smallest absolute Gasteiger partial charge is 0.345 e. The largest absolute Gasteiger partial charge is 0.379 e. The van der Waals surface area contributed by atoms with Gasteiger partial charge in [0.25, 0.3) is 0 Å². The van der Waals surface area contributed by atoms with Crippen molar-refractivity contribution in [3.8, 4) is 0 Å². The lowest BCUT2D eigenvalue weighted by Crippen LogP contribution is -2.28. The van der Waals surface area contributed by atoms with Gasteiger partial charge in [-0.1, -0.05) is 11.8 Å². The lowest BCUT2D eigenvalue weighted by atomic mass is 10.2. The minimum Gasteiger partial charge on any atom is -0.379 e. The van der Waals surface area contributed by atoms with E-state index in [2.05, 4.69) is 9.73 Å². The molecule has 76 valence electrons. The molecule has 0 aromatic heterocycles. The van der Waals surface area contributed by atoms with Gasteiger partial charge < -0.3 is 10.5 Å². The van der Waals surface area contributed by atoms with E-state index >= 15 is 0 Å². The van der Waals surface area contributed by atoms with E-state index in [4.69, 9.17) is 5.73 Å². The molecule has 0 amide bonds. The van der Waals surface area contributed by atoms with E-state index in [1.807, 2.05) is 6.92 Å². The molecule has 1 heterocycles. The van der Waals surface area contributed by atoms with Crippen LogP contribution in [0.5, 0.6) is 0 Å². The van der Waals surface area contributed by atoms with Crippen LogP contribution in [0.2, 0.25) is 0 Å². The Balaban J connectivity index is 2.33. The summed E-state index contributed by atoms with van der Waals surface area (Å²) in [6.07, 6.45) is 0.734. The summed E-state index contributed by atoms with van der Waals surface area (Å²) in [6, 6.07) is 0.104. The average Bonchev–Trinajstić information content (AvgIpc) is 1.99. The highest BCUT2D eigenvalue weighted by molar-refractivity contribution is 8.14. The number of hydrogen-bond acceptors (Lipinski definition) is 4. The molecule has 0 aromatic rings. The molecule has 3 nitrogen and oxygen atoms in total. The van der Waals surface area contributed by atoms with E-state index in [-0.39, 0.29) is 17.9 Å². The fourth-order valence-electron chi connectivity index (χ4n) is 1.18. The molecular weight excluding hydrogens is 198 g/mol. The summed E-state index contributed by atoms with van der Waals surface area (Å²) in [5.41, 5.74) is 5.49. The van der Waals surface area contributed by atoms with Crippen LogP contribution in [0.4, 0.5) is 8.78 Å². The minimum atomic E-state index is -2.70. The molecule has 2 atom stereocenters. The Labute approximate surface area is 79.7 Å². The van der Waals surface area contributed by atoms with E-state index in [0.29, 0.717) is 5.17 Å². The Bertz CT molecular complexity index is 201. The summed E-state index contributed by atoms with van der Waals surface area (Å²) in [7, 11) is 0. The number of aliphatic imine (C=N–C) groups is 1. The molecule has 2 N–H and O–H groups in total. The first-order valence-electron chi connectivity index (χ1n) is 3.97. The zero-order chi connectivity index (χ0) is 9.84. The number of thioether (sulfide) groups is 1. The molecule has 1 aliphatic rings. The Hall–Kier alpha value is -0.360. The van der Waals surface area contributed by atoms with Crippen LogP contribution in [0.25, 0.3) is 0 Å². The van der Waals surface area contributed by atoms with Gasteiger partial charge in [-0.05, 0) is 13.3 Å². The normalized spacial score (nSPS) is 29.1. The van der Waals surface area contributed by atoms with Crippen LogP contribution in [0.1, 0.15) is 13.3 Å². The first kappa shape index (κ1) is 10.7. The van der Waals surface area contributed by atoms with Gasteiger partial charge in [-0.15, -0.1) is 0 Å². The number of amidine groups is 1. The zero-order valence-corrected chi connectivity index (χ0v) is 8.06. The third kappa shape index (κ3) is 3.91. The number of ether oxygens (including phenoxy) is 1. The standard InChI is InChI=1S/C7H12F2N2OS/c1-4-2-5(3-12-6(8)9)13-7(10)11-4/h4-6H,2-3H2,1H3,(H2,10,11)/t4-,5-/m0/s1. The van der Waals surface area contributed by atoms with Crippen molar-refractivity contribution in [2.45, 2.75) is 31.2 Å². The molecule has 0 saturated carbocycles. The fourth-order valence-corrected chi connectivity index (χ4v) is 2.29. The van der Waals surface area contributed by atoms with Crippen LogP contribution in [0, 0.1) is 0 Å². The summed E-state index contributed by atoms with van der Waals surface area (Å²) in [6.45, 7) is -0.763. The number of hydrogen-bond donors (Lipinski definition) is 1. The summed E-state index contributed by atoms with van der Waals surface area (Å²) in [5, 5.41) is 0.461. The van der Waals surface area contributed by atoms with Gasteiger partial charge in [0.05, 0.1) is 12.6 Å². The molecule has 0 fully saturated rings. The Morgan fingerprint density at radius 1 is 1.77 bits per heavy atom. The minimum absolute atomic E-state index is 0.00139. The molecule has 0 unspecified atom stereocenters. The predicted octanol–water partition coefficient (Wildman–Crippen LogP) is 1.43. The fraction of sp³-hybridized carbons (Fsp3) is 0.857. The molecule has 0 saturated heterocycles. The molecule has 0 radical (unpaired) electrons. The third-order valence-electron chi connectivity index (χ3n) is 1.65. The lowest BCUT2D eigenvalue weighted by molar-refractivity contribution is -0.128. The van der Waals surface area contributed by atoms with Gasteiger partial charge in [-0.2, -0.15) is 8.78 Å². The van der Waals surface area contributed by atoms with E-state index in [9.17, 15) is 8.78 Å². The van der Waals surface area contributed by atoms with E-state index in [0.717, 1.165) is 6.42 Å². The summed E-state index contributed by atoms with van der Waals surface area (Å²) < 4.78 is 27.6. The van der Waals surface area contributed by atoms with Crippen molar-refractivity contribution in [2.24, 2.45) is 10.7 Å². The van der Waals surface area contributed by atoms with Crippen molar-refractivity contribution >= 4 is 16.9 Å². The molecule has 1 rings (SSSR count). The van der Waals surface area contributed by atoms with Crippen molar-refractivity contribution in [3.63, 3.8) is 0 Å². The summed E-state index contributed by atoms with van der Waals surface area (Å²) in [5.74, 6) is 0. The van der Waals surface area contributed by atoms with Crippen LogP contribution in [-0.4, -0.2) is 29.7 Å². The predicted molar refractivity (Wildman–Crippen MR) is 49.0 cm³/mol. The van der Waals surface area contributed by atoms with Gasteiger partial charge in [-0.25, -0.2) is 0 Å². The van der Waals surface area contributed by atoms with E-state index in [1.54, 1.807) is 0 Å². The second-order valence-electron chi connectivity index (χ2n) is 2.89. The highest BCUT2D eigenvalue weighted by Gasteiger charge is 2.21. The van der Waals surface area contributed by atoms with Gasteiger partial charge in [-0.3, -0.25) is 4.99 Å². The monoisotopic (exact) mass is 210 g/mol. The Morgan fingerprint density at radius 3 is 3.00 bits per heavy atom. The van der Waals surface area contributed by atoms with Gasteiger partial charge in [0.2, 0.25) is 0 Å². The quantitative estimate of drug-likeness (QED) is 0.766. The Morgan fingerprint density at radius 2 is 2.46 bits per heavy atom. The number of halogens is 2. The van der Waals surface area contributed by atoms with Gasteiger partial charge in [0.15, 0.2) is 5.17 Å². The summed E-state index contributed by atoms with van der Waals surface area (Å²) in [4.78, 5) is 4.07. The highest BCUT2D eigenvalue weighted by Crippen LogP contribution is 2.24. The SMILES string of the molecule is C[C@H]1C[C@@H](COC(F)F)SC(N)=N1. The molecule has 0 bridgehead atoms. The first-order chi connectivity index (χ1) is 6.08. The van der Waals surface area contributed by atoms with Crippen molar-refractivity contribution in [2.75, 3.05) is 6.61 Å². The van der Waals surface area contributed by atoms with Gasteiger partial charge >= 0.3 is 6.61 Å². The zero-order valence-electron chi connectivity index (χ0n) is 7.24. The van der Waals surface area contributed by atoms with Crippen LogP contribution in [0.15, 0.2) is 4.99 Å². The molecule has 1 aliphatic heterocycles. The second kappa shape index (κ2) is 4.76. The first-order valence-corrected chi connectivity index (χ1v) is 4.85. The second-order valence-corrected chi connectivity index (χ2v) is 4.21. The molecule has 0 spiro atoms. The van der Waals surface area contributed by atoms with E-state index < -0.39 is 6.61 Å². The molecule has 0 aromatic carbocycles. The summed E-state index contributed by atoms with van der Waals surface area (Å²) >= 11 is 1.30. The maximum absolute atomic E-state index is 11.7. The lowest BCUT2D eigenvalue weighted by Gasteiger charge is -2.23. The Kier molecular flexibility index (Phi) is 3.92. The molecular formula is C7H12F2N2OS. The number of rotatable bonds is 3. The maximum atomic E-state index is 11.7. The van der Waals surface area contributed by atoms with Crippen molar-refractivity contribution in [3.05, 3.63) is 0 Å².